The van der Waals surface area contributed by atoms with Gasteiger partial charge in [0.2, 0.25) is 0 Å². The number of aromatic nitrogens is 4. The molecule has 4 heterocycles. The van der Waals surface area contributed by atoms with Crippen LogP contribution in [0.1, 0.15) is 34.7 Å². The van der Waals surface area contributed by atoms with Crippen LogP contribution in [-0.2, 0) is 0 Å². The van der Waals surface area contributed by atoms with Crippen LogP contribution < -0.4 is 0 Å². The molecule has 0 aliphatic carbocycles. The first-order chi connectivity index (χ1) is 13.8. The molecule has 1 fully saturated rings. The van der Waals surface area contributed by atoms with Crippen LogP contribution in [0.3, 0.4) is 0 Å². The predicted octanol–water partition coefficient (Wildman–Crippen LogP) is 3.77. The number of aromatic amines is 1. The van der Waals surface area contributed by atoms with Gasteiger partial charge in [-0.25, -0.2) is 9.97 Å². The van der Waals surface area contributed by atoms with E-state index in [2.05, 4.69) is 45.4 Å². The van der Waals surface area contributed by atoms with Crippen molar-refractivity contribution >= 4 is 16.8 Å². The summed E-state index contributed by atoms with van der Waals surface area (Å²) in [7, 11) is 0. The number of imidazole rings is 1. The van der Waals surface area contributed by atoms with Crippen LogP contribution in [-0.4, -0.2) is 43.4 Å². The van der Waals surface area contributed by atoms with Crippen molar-refractivity contribution in [2.24, 2.45) is 0 Å². The molecule has 0 atom stereocenters. The molecule has 28 heavy (non-hydrogen) atoms. The third-order valence-electron chi connectivity index (χ3n) is 5.61. The number of pyridine rings is 1. The molecule has 6 heteroatoms. The number of nitrogens with one attached hydrogen (secondary N) is 1. The summed E-state index contributed by atoms with van der Waals surface area (Å²) < 4.78 is 1.82. The number of nitrogens with zero attached hydrogens (tertiary/aromatic N) is 4. The SMILES string of the molecule is O=C(c1ccc(-n2ccnc2)nc1)N1CCC(c2c[nH]c3ccccc23)CC1. The smallest absolute Gasteiger partial charge is 0.255 e. The van der Waals surface area contributed by atoms with Crippen molar-refractivity contribution in [2.75, 3.05) is 13.1 Å². The highest BCUT2D eigenvalue weighted by molar-refractivity contribution is 5.94. The van der Waals surface area contributed by atoms with Gasteiger partial charge < -0.3 is 9.88 Å². The highest BCUT2D eigenvalue weighted by Gasteiger charge is 2.26. The molecule has 0 saturated carbocycles. The maximum Gasteiger partial charge on any atom is 0.255 e. The molecule has 1 amide bonds. The van der Waals surface area contributed by atoms with Crippen molar-refractivity contribution in [3.05, 3.63) is 78.6 Å². The van der Waals surface area contributed by atoms with Crippen LogP contribution in [0.2, 0.25) is 0 Å². The Morgan fingerprint density at radius 2 is 1.96 bits per heavy atom. The Morgan fingerprint density at radius 3 is 2.71 bits per heavy atom. The van der Waals surface area contributed by atoms with Crippen LogP contribution >= 0.6 is 0 Å². The summed E-state index contributed by atoms with van der Waals surface area (Å²) in [6.07, 6.45) is 11.0. The summed E-state index contributed by atoms with van der Waals surface area (Å²) in [5.41, 5.74) is 3.18. The van der Waals surface area contributed by atoms with E-state index in [1.807, 2.05) is 27.8 Å². The minimum atomic E-state index is 0.0575. The van der Waals surface area contributed by atoms with E-state index in [-0.39, 0.29) is 5.91 Å². The standard InChI is InChI=1S/C22H21N5O/c28-22(17-5-6-21(25-13-17)27-12-9-23-15-27)26-10-7-16(8-11-26)19-14-24-20-4-2-1-3-18(19)20/h1-6,9,12-16,24H,7-8,10-11H2. The Kier molecular flexibility index (Phi) is 4.16. The monoisotopic (exact) mass is 371 g/mol. The Bertz CT molecular complexity index is 1090. The van der Waals surface area contributed by atoms with Gasteiger partial charge in [-0.1, -0.05) is 18.2 Å². The normalized spacial score (nSPS) is 15.2. The van der Waals surface area contributed by atoms with Crippen LogP contribution in [0.25, 0.3) is 16.7 Å². The molecular weight excluding hydrogens is 350 g/mol. The van der Waals surface area contributed by atoms with E-state index >= 15 is 0 Å². The lowest BCUT2D eigenvalue weighted by Crippen LogP contribution is -2.37. The van der Waals surface area contributed by atoms with Crippen molar-refractivity contribution < 1.29 is 4.79 Å². The fourth-order valence-corrected chi connectivity index (χ4v) is 4.07. The summed E-state index contributed by atoms with van der Waals surface area (Å²) in [5.74, 6) is 1.30. The molecule has 3 aromatic heterocycles. The van der Waals surface area contributed by atoms with E-state index in [1.165, 1.54) is 16.5 Å². The third-order valence-corrected chi connectivity index (χ3v) is 5.61. The minimum absolute atomic E-state index is 0.0575. The van der Waals surface area contributed by atoms with E-state index < -0.39 is 0 Å². The zero-order valence-corrected chi connectivity index (χ0v) is 15.5. The van der Waals surface area contributed by atoms with E-state index in [9.17, 15) is 4.79 Å². The van der Waals surface area contributed by atoms with Gasteiger partial charge in [-0.15, -0.1) is 0 Å². The molecule has 5 rings (SSSR count). The molecule has 4 aromatic rings. The van der Waals surface area contributed by atoms with E-state index in [0.29, 0.717) is 11.5 Å². The zero-order chi connectivity index (χ0) is 18.9. The fourth-order valence-electron chi connectivity index (χ4n) is 4.07. The zero-order valence-electron chi connectivity index (χ0n) is 15.5. The third kappa shape index (κ3) is 2.97. The number of hydrogen-bond donors (Lipinski definition) is 1. The topological polar surface area (TPSA) is 66.8 Å². The average Bonchev–Trinajstić information content (AvgIpc) is 3.44. The first-order valence-corrected chi connectivity index (χ1v) is 9.59. The number of piperidine rings is 1. The summed E-state index contributed by atoms with van der Waals surface area (Å²) in [6.45, 7) is 1.54. The first kappa shape index (κ1) is 16.7. The van der Waals surface area contributed by atoms with Gasteiger partial charge in [0, 0.05) is 48.8 Å². The van der Waals surface area contributed by atoms with Gasteiger partial charge >= 0.3 is 0 Å². The lowest BCUT2D eigenvalue weighted by Gasteiger charge is -2.32. The summed E-state index contributed by atoms with van der Waals surface area (Å²) in [4.78, 5) is 26.6. The molecule has 1 aromatic carbocycles. The molecule has 140 valence electrons. The van der Waals surface area contributed by atoms with Crippen molar-refractivity contribution in [3.8, 4) is 5.82 Å². The maximum absolute atomic E-state index is 12.9. The lowest BCUT2D eigenvalue weighted by atomic mass is 9.89. The summed E-state index contributed by atoms with van der Waals surface area (Å²) in [5, 5.41) is 1.30. The molecule has 6 nitrogen and oxygen atoms in total. The molecule has 0 unspecified atom stereocenters. The summed E-state index contributed by atoms with van der Waals surface area (Å²) in [6, 6.07) is 12.1. The minimum Gasteiger partial charge on any atom is -0.361 e. The Hall–Kier alpha value is -3.41. The number of rotatable bonds is 3. The number of amides is 1. The highest BCUT2D eigenvalue weighted by Crippen LogP contribution is 2.33. The first-order valence-electron chi connectivity index (χ1n) is 9.59. The molecule has 1 aliphatic heterocycles. The average molecular weight is 371 g/mol. The number of carbonyl (C=O) groups excluding carboxylic acids is 1. The van der Waals surface area contributed by atoms with Gasteiger partial charge in [-0.2, -0.15) is 0 Å². The van der Waals surface area contributed by atoms with Crippen molar-refractivity contribution in [3.63, 3.8) is 0 Å². The summed E-state index contributed by atoms with van der Waals surface area (Å²) >= 11 is 0. The molecule has 0 spiro atoms. The Labute approximate surface area is 162 Å². The lowest BCUT2D eigenvalue weighted by molar-refractivity contribution is 0.0713. The van der Waals surface area contributed by atoms with Crippen LogP contribution in [0.4, 0.5) is 0 Å². The Morgan fingerprint density at radius 1 is 1.11 bits per heavy atom. The van der Waals surface area contributed by atoms with Gasteiger partial charge in [-0.05, 0) is 42.5 Å². The van der Waals surface area contributed by atoms with Crippen molar-refractivity contribution in [1.82, 2.24) is 24.4 Å². The van der Waals surface area contributed by atoms with Crippen LogP contribution in [0.15, 0.2) is 67.5 Å². The number of H-pyrrole nitrogens is 1. The highest BCUT2D eigenvalue weighted by atomic mass is 16.2. The number of likely N-dealkylation sites (tertiary alicyclic amines) is 1. The van der Waals surface area contributed by atoms with E-state index in [1.54, 1.807) is 18.7 Å². The predicted molar refractivity (Wildman–Crippen MR) is 108 cm³/mol. The largest absolute Gasteiger partial charge is 0.361 e. The van der Waals surface area contributed by atoms with Gasteiger partial charge in [-0.3, -0.25) is 9.36 Å². The number of hydrogen-bond acceptors (Lipinski definition) is 3. The van der Waals surface area contributed by atoms with Gasteiger partial charge in [0.1, 0.15) is 12.1 Å². The number of para-hydroxylation sites is 1. The Balaban J connectivity index is 1.27. The van der Waals surface area contributed by atoms with Gasteiger partial charge in [0.25, 0.3) is 5.91 Å². The number of fused-ring (bicyclic) bond motifs is 1. The molecule has 1 N–H and O–H groups in total. The maximum atomic E-state index is 12.9. The van der Waals surface area contributed by atoms with Crippen molar-refractivity contribution in [1.29, 1.82) is 0 Å². The number of carbonyl (C=O) groups is 1. The van der Waals surface area contributed by atoms with Crippen molar-refractivity contribution in [2.45, 2.75) is 18.8 Å². The molecular formula is C22H21N5O. The molecule has 1 aliphatic rings. The molecule has 1 saturated heterocycles. The molecule has 0 bridgehead atoms. The van der Waals surface area contributed by atoms with Crippen LogP contribution in [0.5, 0.6) is 0 Å². The van der Waals surface area contributed by atoms with Gasteiger partial charge in [0.15, 0.2) is 0 Å². The second-order valence-electron chi connectivity index (χ2n) is 7.23. The number of benzene rings is 1. The van der Waals surface area contributed by atoms with Crippen LogP contribution in [0, 0.1) is 0 Å². The van der Waals surface area contributed by atoms with E-state index in [0.717, 1.165) is 31.7 Å². The quantitative estimate of drug-likeness (QED) is 0.596. The second-order valence-corrected chi connectivity index (χ2v) is 7.23. The van der Waals surface area contributed by atoms with Gasteiger partial charge in [0.05, 0.1) is 5.56 Å². The molecule has 0 radical (unpaired) electrons. The second kappa shape index (κ2) is 6.96. The van der Waals surface area contributed by atoms with E-state index in [4.69, 9.17) is 0 Å². The fraction of sp³-hybridized carbons (Fsp3) is 0.227.